The van der Waals surface area contributed by atoms with Gasteiger partial charge in [-0.3, -0.25) is 28.8 Å². The van der Waals surface area contributed by atoms with Crippen molar-refractivity contribution >= 4 is 41.4 Å². The van der Waals surface area contributed by atoms with Crippen molar-refractivity contribution < 1.29 is 48.9 Å². The van der Waals surface area contributed by atoms with Gasteiger partial charge in [0, 0.05) is 73.2 Å². The molecule has 0 aliphatic rings. The second-order valence-corrected chi connectivity index (χ2v) is 14.6. The number of rotatable bonds is 27. The van der Waals surface area contributed by atoms with Crippen LogP contribution in [-0.2, 0) is 59.2 Å². The van der Waals surface area contributed by atoms with Gasteiger partial charge in [-0.25, -0.2) is 24.7 Å². The highest BCUT2D eigenvalue weighted by Crippen LogP contribution is 2.08. The number of imidazole rings is 4. The third-order valence-corrected chi connectivity index (χ3v) is 9.61. The highest BCUT2D eigenvalue weighted by Gasteiger charge is 2.35. The van der Waals surface area contributed by atoms with E-state index in [1.807, 2.05) is 0 Å². The Morgan fingerprint density at radius 1 is 0.571 bits per heavy atom. The maximum Gasteiger partial charge on any atom is 0.326 e. The smallest absolute Gasteiger partial charge is 0.326 e. The van der Waals surface area contributed by atoms with E-state index >= 15 is 0 Å². The minimum Gasteiger partial charge on any atom is -0.480 e. The quantitative estimate of drug-likeness (QED) is 0.0249. The zero-order valence-corrected chi connectivity index (χ0v) is 34.2. The fourth-order valence-electron chi connectivity index (χ4n) is 6.14. The fraction of sp³-hybridized carbons (Fsp3) is 0.486. The lowest BCUT2D eigenvalue weighted by molar-refractivity contribution is -0.143. The number of carbonyl (C=O) groups excluding carboxylic acids is 6. The molecule has 4 aromatic rings. The summed E-state index contributed by atoms with van der Waals surface area (Å²) >= 11 is 0. The maximum atomic E-state index is 14.1. The number of aliphatic hydroxyl groups is 2. The van der Waals surface area contributed by atoms with Crippen molar-refractivity contribution in [2.45, 2.75) is 100 Å². The summed E-state index contributed by atoms with van der Waals surface area (Å²) in [5, 5.41) is 45.3. The van der Waals surface area contributed by atoms with Gasteiger partial charge in [0.15, 0.2) is 0 Å². The predicted octanol–water partition coefficient (Wildman–Crippen LogP) is -5.33. The number of carboxylic acid groups (broad SMARTS) is 1. The summed E-state index contributed by atoms with van der Waals surface area (Å²) in [6, 6.07) is -10.1. The van der Waals surface area contributed by atoms with E-state index in [2.05, 4.69) is 71.8 Å². The van der Waals surface area contributed by atoms with Crippen LogP contribution < -0.4 is 43.4 Å². The average molecular weight is 883 g/mol. The minimum absolute atomic E-state index is 0.0968. The SMILES string of the molecule is C[C@@H](O)[C@H](NC(=O)[C@H](Cc1cnc[nH]1)NC(=O)[C@H](Cc1cnc[nH]1)NC(=O)[C@H](CO)NC(=O)[C@H](Cc1cnc[nH]1)NC(=O)[C@@H](N)CCCCN)C(=O)N[C@@H](Cc1cnc[nH]1)C(=O)O. The van der Waals surface area contributed by atoms with Gasteiger partial charge in [0.2, 0.25) is 35.4 Å². The molecule has 0 radical (unpaired) electrons. The lowest BCUT2D eigenvalue weighted by Gasteiger charge is -2.27. The van der Waals surface area contributed by atoms with Gasteiger partial charge in [-0.2, -0.15) is 0 Å². The number of nitrogens with zero attached hydrogens (tertiary/aromatic N) is 4. The molecule has 17 N–H and O–H groups in total. The number of nitrogens with one attached hydrogen (secondary N) is 10. The molecule has 4 aromatic heterocycles. The minimum atomic E-state index is -1.70. The van der Waals surface area contributed by atoms with Gasteiger partial charge in [0.25, 0.3) is 0 Å². The molecular formula is C37H54N16O10. The third-order valence-electron chi connectivity index (χ3n) is 9.61. The first kappa shape index (κ1) is 48.6. The standard InChI is InChI=1S/C37H54N16O10/c1-19(55)30(36(61)51-28(37(62)63)9-23-13-43-18-47-23)53-34(59)27(8-22-12-42-17-46-22)49-32(57)26(7-21-11-41-16-45-21)50-35(60)29(14-54)52-33(58)25(6-20-10-40-15-44-20)48-31(56)24(39)4-2-3-5-38/h10-13,15-19,24-30,54-55H,2-9,14,38-39H2,1H3,(H,40,44)(H,41,45)(H,42,46)(H,43,47)(H,48,56)(H,49,57)(H,50,60)(H,51,61)(H,52,58)(H,53,59)(H,62,63)/t19-,24+,25+,26+,27+,28+,29+,30+/m1/s1. The van der Waals surface area contributed by atoms with E-state index in [0.717, 1.165) is 0 Å². The number of hydrogen-bond acceptors (Lipinski definition) is 15. The molecule has 0 aliphatic carbocycles. The molecule has 4 heterocycles. The summed E-state index contributed by atoms with van der Waals surface area (Å²) < 4.78 is 0. The van der Waals surface area contributed by atoms with Crippen LogP contribution in [0, 0.1) is 0 Å². The Morgan fingerprint density at radius 2 is 0.937 bits per heavy atom. The summed E-state index contributed by atoms with van der Waals surface area (Å²) in [6.07, 6.45) is 10.0. The number of unbranched alkanes of at least 4 members (excludes halogenated alkanes) is 1. The highest BCUT2D eigenvalue weighted by atomic mass is 16.4. The number of H-pyrrole nitrogens is 4. The van der Waals surface area contributed by atoms with E-state index in [9.17, 15) is 48.9 Å². The van der Waals surface area contributed by atoms with E-state index in [4.69, 9.17) is 11.5 Å². The summed E-state index contributed by atoms with van der Waals surface area (Å²) in [4.78, 5) is 120. The van der Waals surface area contributed by atoms with Crippen LogP contribution in [0.3, 0.4) is 0 Å². The van der Waals surface area contributed by atoms with Crippen molar-refractivity contribution in [1.29, 1.82) is 0 Å². The van der Waals surface area contributed by atoms with Crippen LogP contribution in [0.15, 0.2) is 50.1 Å². The van der Waals surface area contributed by atoms with Crippen LogP contribution in [0.5, 0.6) is 0 Å². The Labute approximate surface area is 359 Å². The first-order valence-electron chi connectivity index (χ1n) is 19.9. The molecule has 0 spiro atoms. The molecule has 8 atom stereocenters. The molecule has 0 unspecified atom stereocenters. The molecule has 0 saturated carbocycles. The van der Waals surface area contributed by atoms with Gasteiger partial charge >= 0.3 is 5.97 Å². The summed E-state index contributed by atoms with van der Waals surface area (Å²) in [7, 11) is 0. The Morgan fingerprint density at radius 3 is 1.30 bits per heavy atom. The molecule has 63 heavy (non-hydrogen) atoms. The second kappa shape index (κ2) is 24.4. The number of aliphatic hydroxyl groups excluding tert-OH is 2. The Balaban J connectivity index is 1.51. The molecule has 342 valence electrons. The molecular weight excluding hydrogens is 829 g/mol. The molecule has 26 heteroatoms. The summed E-state index contributed by atoms with van der Waals surface area (Å²) in [5.74, 6) is -6.93. The van der Waals surface area contributed by atoms with Crippen LogP contribution in [0.25, 0.3) is 0 Å². The van der Waals surface area contributed by atoms with Gasteiger partial charge in [0.1, 0.15) is 36.3 Å². The number of carboxylic acids is 1. The summed E-state index contributed by atoms with van der Waals surface area (Å²) in [5.41, 5.74) is 13.1. The monoisotopic (exact) mass is 882 g/mol. The highest BCUT2D eigenvalue weighted by molar-refractivity contribution is 5.97. The lowest BCUT2D eigenvalue weighted by atomic mass is 10.1. The van der Waals surface area contributed by atoms with Gasteiger partial charge < -0.3 is 78.6 Å². The lowest BCUT2D eigenvalue weighted by Crippen LogP contribution is -2.62. The number of aliphatic carboxylic acids is 1. The molecule has 6 amide bonds. The van der Waals surface area contributed by atoms with E-state index < -0.39 is 96.4 Å². The van der Waals surface area contributed by atoms with Crippen LogP contribution in [0.4, 0.5) is 0 Å². The zero-order valence-electron chi connectivity index (χ0n) is 34.2. The van der Waals surface area contributed by atoms with E-state index in [1.54, 1.807) is 0 Å². The van der Waals surface area contributed by atoms with Gasteiger partial charge in [-0.1, -0.05) is 6.42 Å². The van der Waals surface area contributed by atoms with Crippen molar-refractivity contribution in [3.8, 4) is 0 Å². The molecule has 0 saturated heterocycles. The molecule has 4 rings (SSSR count). The van der Waals surface area contributed by atoms with Crippen molar-refractivity contribution in [3.05, 3.63) is 72.9 Å². The molecule has 0 bridgehead atoms. The van der Waals surface area contributed by atoms with Crippen LogP contribution in [0.2, 0.25) is 0 Å². The topological polar surface area (TPSA) is 419 Å². The number of aromatic nitrogens is 8. The van der Waals surface area contributed by atoms with Crippen molar-refractivity contribution in [2.24, 2.45) is 11.5 Å². The largest absolute Gasteiger partial charge is 0.480 e. The van der Waals surface area contributed by atoms with Gasteiger partial charge in [-0.15, -0.1) is 0 Å². The Hall–Kier alpha value is -7.03. The fourth-order valence-corrected chi connectivity index (χ4v) is 6.14. The summed E-state index contributed by atoms with van der Waals surface area (Å²) in [6.45, 7) is 0.654. The zero-order chi connectivity index (χ0) is 45.9. The van der Waals surface area contributed by atoms with Crippen molar-refractivity contribution in [2.75, 3.05) is 13.2 Å². The Kier molecular flexibility index (Phi) is 18.9. The first-order chi connectivity index (χ1) is 30.2. The van der Waals surface area contributed by atoms with Crippen molar-refractivity contribution in [1.82, 2.24) is 71.8 Å². The van der Waals surface area contributed by atoms with Crippen LogP contribution in [0.1, 0.15) is 49.0 Å². The predicted molar refractivity (Wildman–Crippen MR) is 218 cm³/mol. The van der Waals surface area contributed by atoms with Crippen LogP contribution >= 0.6 is 0 Å². The second-order valence-electron chi connectivity index (χ2n) is 14.6. The number of aromatic amines is 4. The van der Waals surface area contributed by atoms with Gasteiger partial charge in [-0.05, 0) is 26.3 Å². The number of amides is 6. The molecule has 0 aliphatic heterocycles. The normalized spacial score (nSPS) is 15.0. The molecule has 0 aromatic carbocycles. The maximum absolute atomic E-state index is 14.1. The number of nitrogens with two attached hydrogens (primary N) is 2. The first-order valence-corrected chi connectivity index (χ1v) is 19.9. The number of hydrogen-bond donors (Lipinski definition) is 15. The molecule has 26 nitrogen and oxygen atoms in total. The van der Waals surface area contributed by atoms with Crippen LogP contribution in [-0.4, -0.2) is 158 Å². The Bertz CT molecular complexity index is 2040. The van der Waals surface area contributed by atoms with E-state index in [0.29, 0.717) is 48.6 Å². The third kappa shape index (κ3) is 15.4. The molecule has 0 fully saturated rings. The van der Waals surface area contributed by atoms with E-state index in [1.165, 1.54) is 57.0 Å². The van der Waals surface area contributed by atoms with Gasteiger partial charge in [0.05, 0.1) is 44.1 Å². The number of carbonyl (C=O) groups is 7. The van der Waals surface area contributed by atoms with E-state index in [-0.39, 0.29) is 25.7 Å². The van der Waals surface area contributed by atoms with Crippen molar-refractivity contribution in [3.63, 3.8) is 0 Å². The average Bonchev–Trinajstić information content (AvgIpc) is 4.11.